The quantitative estimate of drug-likeness (QED) is 0.849. The summed E-state index contributed by atoms with van der Waals surface area (Å²) in [7, 11) is 1.85. The topological polar surface area (TPSA) is 66.0 Å². The second-order valence-electron chi connectivity index (χ2n) is 5.18. The van der Waals surface area contributed by atoms with Crippen LogP contribution in [-0.4, -0.2) is 64.1 Å². The number of hydrogen-bond acceptors (Lipinski definition) is 8. The van der Waals surface area contributed by atoms with Gasteiger partial charge in [0.15, 0.2) is 0 Å². The standard InChI is InChI=1S/C13H22N6S2/c1-14-11-16-12(15-8-10-9-20-6-7-21-10)18-13(17-11)19-4-2-3-5-19/h10H,2-9H2,1H3,(H2,14,15,16,17,18). The molecule has 3 heterocycles. The maximum Gasteiger partial charge on any atom is 0.231 e. The molecule has 21 heavy (non-hydrogen) atoms. The fourth-order valence-electron chi connectivity index (χ4n) is 2.47. The molecule has 0 spiro atoms. The van der Waals surface area contributed by atoms with E-state index in [4.69, 9.17) is 0 Å². The molecule has 1 aromatic rings. The van der Waals surface area contributed by atoms with E-state index in [9.17, 15) is 0 Å². The first-order valence-electron chi connectivity index (χ1n) is 7.47. The first kappa shape index (κ1) is 15.0. The van der Waals surface area contributed by atoms with Gasteiger partial charge in [0.05, 0.1) is 0 Å². The number of anilines is 3. The van der Waals surface area contributed by atoms with Crippen LogP contribution in [0.3, 0.4) is 0 Å². The molecule has 1 atom stereocenters. The minimum atomic E-state index is 0.639. The average Bonchev–Trinajstić information content (AvgIpc) is 3.08. The van der Waals surface area contributed by atoms with Crippen LogP contribution >= 0.6 is 23.5 Å². The van der Waals surface area contributed by atoms with E-state index in [1.807, 2.05) is 30.6 Å². The smallest absolute Gasteiger partial charge is 0.231 e. The number of aromatic nitrogens is 3. The normalized spacial score (nSPS) is 22.3. The van der Waals surface area contributed by atoms with Crippen molar-refractivity contribution in [3.05, 3.63) is 0 Å². The van der Waals surface area contributed by atoms with Crippen LogP contribution in [0.4, 0.5) is 17.8 Å². The molecule has 6 nitrogen and oxygen atoms in total. The molecular weight excluding hydrogens is 304 g/mol. The summed E-state index contributed by atoms with van der Waals surface area (Å²) in [5, 5.41) is 7.07. The lowest BCUT2D eigenvalue weighted by Gasteiger charge is -2.21. The molecule has 0 amide bonds. The van der Waals surface area contributed by atoms with E-state index in [1.54, 1.807) is 0 Å². The van der Waals surface area contributed by atoms with Crippen molar-refractivity contribution < 1.29 is 0 Å². The number of hydrogen-bond donors (Lipinski definition) is 2. The van der Waals surface area contributed by atoms with Crippen molar-refractivity contribution in [1.29, 1.82) is 0 Å². The van der Waals surface area contributed by atoms with Crippen molar-refractivity contribution in [3.63, 3.8) is 0 Å². The molecule has 1 unspecified atom stereocenters. The van der Waals surface area contributed by atoms with Gasteiger partial charge >= 0.3 is 0 Å². The van der Waals surface area contributed by atoms with Crippen molar-refractivity contribution in [3.8, 4) is 0 Å². The summed E-state index contributed by atoms with van der Waals surface area (Å²) in [5.41, 5.74) is 0. The average molecular weight is 326 g/mol. The zero-order valence-electron chi connectivity index (χ0n) is 12.3. The molecule has 2 N–H and O–H groups in total. The second kappa shape index (κ2) is 7.40. The van der Waals surface area contributed by atoms with Crippen molar-refractivity contribution in [2.24, 2.45) is 0 Å². The van der Waals surface area contributed by atoms with Crippen molar-refractivity contribution in [1.82, 2.24) is 15.0 Å². The first-order chi connectivity index (χ1) is 10.3. The van der Waals surface area contributed by atoms with Crippen LogP contribution in [0.1, 0.15) is 12.8 Å². The highest BCUT2D eigenvalue weighted by Gasteiger charge is 2.18. The molecule has 0 radical (unpaired) electrons. The maximum absolute atomic E-state index is 4.58. The van der Waals surface area contributed by atoms with E-state index in [0.29, 0.717) is 17.1 Å². The van der Waals surface area contributed by atoms with Gasteiger partial charge in [0.2, 0.25) is 17.8 Å². The fraction of sp³-hybridized carbons (Fsp3) is 0.769. The highest BCUT2D eigenvalue weighted by Crippen LogP contribution is 2.24. The van der Waals surface area contributed by atoms with Gasteiger partial charge < -0.3 is 15.5 Å². The molecule has 0 saturated carbocycles. The predicted molar refractivity (Wildman–Crippen MR) is 92.9 cm³/mol. The zero-order valence-corrected chi connectivity index (χ0v) is 14.0. The maximum atomic E-state index is 4.58. The Morgan fingerprint density at radius 3 is 2.67 bits per heavy atom. The molecule has 2 saturated heterocycles. The van der Waals surface area contributed by atoms with Gasteiger partial charge in [0, 0.05) is 49.2 Å². The third-order valence-electron chi connectivity index (χ3n) is 3.61. The summed E-state index contributed by atoms with van der Waals surface area (Å²) in [5.74, 6) is 5.85. The fourth-order valence-corrected chi connectivity index (χ4v) is 5.09. The summed E-state index contributed by atoms with van der Waals surface area (Å²) in [6.07, 6.45) is 2.44. The Morgan fingerprint density at radius 2 is 1.95 bits per heavy atom. The molecule has 8 heteroatoms. The molecule has 116 valence electrons. The zero-order chi connectivity index (χ0) is 14.5. The summed E-state index contributed by atoms with van der Waals surface area (Å²) in [4.78, 5) is 15.7. The van der Waals surface area contributed by atoms with Gasteiger partial charge in [0.25, 0.3) is 0 Å². The van der Waals surface area contributed by atoms with E-state index in [2.05, 4.69) is 30.5 Å². The summed E-state index contributed by atoms with van der Waals surface area (Å²) < 4.78 is 0. The SMILES string of the molecule is CNc1nc(NCC2CSCCS2)nc(N2CCCC2)n1. The molecule has 0 aromatic carbocycles. The molecule has 2 aliphatic heterocycles. The van der Waals surface area contributed by atoms with E-state index in [1.165, 1.54) is 30.1 Å². The van der Waals surface area contributed by atoms with Crippen LogP contribution < -0.4 is 15.5 Å². The van der Waals surface area contributed by atoms with Gasteiger partial charge in [-0.05, 0) is 12.8 Å². The Kier molecular flexibility index (Phi) is 5.29. The highest BCUT2D eigenvalue weighted by molar-refractivity contribution is 8.06. The predicted octanol–water partition coefficient (Wildman–Crippen LogP) is 1.77. The Bertz CT molecular complexity index is 460. The van der Waals surface area contributed by atoms with Crippen LogP contribution in [-0.2, 0) is 0 Å². The van der Waals surface area contributed by atoms with Gasteiger partial charge in [-0.1, -0.05) is 0 Å². The number of thioether (sulfide) groups is 2. The molecule has 2 aliphatic rings. The van der Waals surface area contributed by atoms with E-state index >= 15 is 0 Å². The first-order valence-corrected chi connectivity index (χ1v) is 9.67. The summed E-state index contributed by atoms with van der Waals surface area (Å²) >= 11 is 4.08. The van der Waals surface area contributed by atoms with Crippen LogP contribution in [0.25, 0.3) is 0 Å². The summed E-state index contributed by atoms with van der Waals surface area (Å²) in [6.45, 7) is 3.01. The van der Waals surface area contributed by atoms with Gasteiger partial charge in [0.1, 0.15) is 0 Å². The lowest BCUT2D eigenvalue weighted by molar-refractivity contribution is 0.874. The van der Waals surface area contributed by atoms with E-state index in [0.717, 1.165) is 25.6 Å². The second-order valence-corrected chi connectivity index (χ2v) is 7.73. The lowest BCUT2D eigenvalue weighted by atomic mass is 10.4. The van der Waals surface area contributed by atoms with Crippen LogP contribution in [0.2, 0.25) is 0 Å². The molecular formula is C13H22N6S2. The molecule has 2 fully saturated rings. The Hall–Kier alpha value is -0.890. The van der Waals surface area contributed by atoms with Gasteiger partial charge in [-0.3, -0.25) is 0 Å². The number of rotatable bonds is 5. The Morgan fingerprint density at radius 1 is 1.14 bits per heavy atom. The Balaban J connectivity index is 1.66. The van der Waals surface area contributed by atoms with E-state index in [-0.39, 0.29) is 0 Å². The number of nitrogens with zero attached hydrogens (tertiary/aromatic N) is 4. The van der Waals surface area contributed by atoms with Gasteiger partial charge in [-0.2, -0.15) is 38.5 Å². The Labute approximate surface area is 134 Å². The molecule has 0 aliphatic carbocycles. The molecule has 3 rings (SSSR count). The minimum absolute atomic E-state index is 0.639. The molecule has 0 bridgehead atoms. The van der Waals surface area contributed by atoms with Crippen LogP contribution in [0.5, 0.6) is 0 Å². The van der Waals surface area contributed by atoms with Crippen molar-refractivity contribution >= 4 is 41.4 Å². The lowest BCUT2D eigenvalue weighted by Crippen LogP contribution is -2.25. The van der Waals surface area contributed by atoms with Gasteiger partial charge in [-0.15, -0.1) is 0 Å². The summed E-state index contributed by atoms with van der Waals surface area (Å²) in [6, 6.07) is 0. The molecule has 1 aromatic heterocycles. The number of nitrogens with one attached hydrogen (secondary N) is 2. The van der Waals surface area contributed by atoms with Crippen molar-refractivity contribution in [2.75, 3.05) is 59.5 Å². The van der Waals surface area contributed by atoms with Gasteiger partial charge in [-0.25, -0.2) is 0 Å². The van der Waals surface area contributed by atoms with Crippen LogP contribution in [0.15, 0.2) is 0 Å². The minimum Gasteiger partial charge on any atom is -0.357 e. The highest BCUT2D eigenvalue weighted by atomic mass is 32.2. The van der Waals surface area contributed by atoms with E-state index < -0.39 is 0 Å². The third kappa shape index (κ3) is 4.06. The monoisotopic (exact) mass is 326 g/mol. The largest absolute Gasteiger partial charge is 0.357 e. The van der Waals surface area contributed by atoms with Crippen molar-refractivity contribution in [2.45, 2.75) is 18.1 Å². The third-order valence-corrected chi connectivity index (χ3v) is 6.45. The van der Waals surface area contributed by atoms with Crippen LogP contribution in [0, 0.1) is 0 Å².